The predicted octanol–water partition coefficient (Wildman–Crippen LogP) is 2.93. The normalized spacial score (nSPS) is 20.7. The first-order chi connectivity index (χ1) is 14.2. The number of benzene rings is 1. The topological polar surface area (TPSA) is 72.9 Å². The largest absolute Gasteiger partial charge is 0.339 e. The summed E-state index contributed by atoms with van der Waals surface area (Å²) in [5, 5.41) is 13.1. The van der Waals surface area contributed by atoms with E-state index in [2.05, 4.69) is 37.1 Å². The number of fused-ring (bicyclic) bond motifs is 1. The van der Waals surface area contributed by atoms with E-state index in [0.717, 1.165) is 56.5 Å². The molecule has 29 heavy (non-hydrogen) atoms. The first kappa shape index (κ1) is 18.4. The van der Waals surface area contributed by atoms with Gasteiger partial charge in [-0.05, 0) is 63.5 Å². The van der Waals surface area contributed by atoms with Crippen molar-refractivity contribution in [1.82, 2.24) is 30.0 Å². The van der Waals surface area contributed by atoms with Crippen LogP contribution in [0.5, 0.6) is 0 Å². The van der Waals surface area contributed by atoms with Gasteiger partial charge >= 0.3 is 0 Å². The van der Waals surface area contributed by atoms with Crippen LogP contribution >= 0.6 is 0 Å². The van der Waals surface area contributed by atoms with Crippen LogP contribution in [0.25, 0.3) is 0 Å². The minimum Gasteiger partial charge on any atom is -0.339 e. The molecule has 152 valence electrons. The molecule has 1 atom stereocenters. The second-order valence-corrected chi connectivity index (χ2v) is 8.26. The zero-order chi connectivity index (χ0) is 19.8. The SMILES string of the molecule is CN1CCC(n2nnc3c2CC(c2nc(Cc4cccc(F)c4)no2)CC3)CC1. The van der Waals surface area contributed by atoms with E-state index in [1.54, 1.807) is 6.07 Å². The molecular weight excluding hydrogens is 371 g/mol. The molecule has 1 aliphatic heterocycles. The third-order valence-corrected chi connectivity index (χ3v) is 6.16. The molecular formula is C21H25FN6O. The summed E-state index contributed by atoms with van der Waals surface area (Å²) in [5.41, 5.74) is 3.17. The second-order valence-electron chi connectivity index (χ2n) is 8.26. The van der Waals surface area contributed by atoms with Gasteiger partial charge in [-0.15, -0.1) is 5.10 Å². The highest BCUT2D eigenvalue weighted by molar-refractivity contribution is 5.21. The van der Waals surface area contributed by atoms with Crippen molar-refractivity contribution in [3.63, 3.8) is 0 Å². The van der Waals surface area contributed by atoms with E-state index >= 15 is 0 Å². The molecule has 1 saturated heterocycles. The fourth-order valence-corrected chi connectivity index (χ4v) is 4.48. The van der Waals surface area contributed by atoms with Crippen LogP contribution in [0.4, 0.5) is 4.39 Å². The molecule has 2 aromatic heterocycles. The van der Waals surface area contributed by atoms with Gasteiger partial charge in [-0.1, -0.05) is 22.5 Å². The summed E-state index contributed by atoms with van der Waals surface area (Å²) in [6.45, 7) is 2.19. The molecule has 1 unspecified atom stereocenters. The Kier molecular flexibility index (Phi) is 4.87. The second kappa shape index (κ2) is 7.67. The third-order valence-electron chi connectivity index (χ3n) is 6.16. The first-order valence-electron chi connectivity index (χ1n) is 10.3. The van der Waals surface area contributed by atoms with Crippen molar-refractivity contribution < 1.29 is 8.91 Å². The number of hydrogen-bond acceptors (Lipinski definition) is 6. The Morgan fingerprint density at radius 2 is 2.07 bits per heavy atom. The van der Waals surface area contributed by atoms with Gasteiger partial charge in [0.25, 0.3) is 0 Å². The zero-order valence-corrected chi connectivity index (χ0v) is 16.6. The van der Waals surface area contributed by atoms with Crippen LogP contribution in [-0.4, -0.2) is 50.2 Å². The Hall–Kier alpha value is -2.61. The van der Waals surface area contributed by atoms with Crippen LogP contribution in [0.15, 0.2) is 28.8 Å². The lowest BCUT2D eigenvalue weighted by Gasteiger charge is -2.30. The van der Waals surface area contributed by atoms with Crippen molar-refractivity contribution in [2.24, 2.45) is 0 Å². The summed E-state index contributed by atoms with van der Waals surface area (Å²) in [5.74, 6) is 1.19. The summed E-state index contributed by atoms with van der Waals surface area (Å²) in [6, 6.07) is 6.94. The van der Waals surface area contributed by atoms with E-state index in [0.29, 0.717) is 24.2 Å². The lowest BCUT2D eigenvalue weighted by atomic mass is 9.89. The Bertz CT molecular complexity index is 991. The van der Waals surface area contributed by atoms with Gasteiger partial charge in [-0.3, -0.25) is 0 Å². The van der Waals surface area contributed by atoms with Gasteiger partial charge in [0.15, 0.2) is 5.82 Å². The van der Waals surface area contributed by atoms with Gasteiger partial charge in [0.1, 0.15) is 5.82 Å². The minimum atomic E-state index is -0.249. The number of hydrogen-bond donors (Lipinski definition) is 0. The Labute approximate surface area is 168 Å². The van der Waals surface area contributed by atoms with Gasteiger partial charge in [0, 0.05) is 18.8 Å². The molecule has 8 heteroatoms. The van der Waals surface area contributed by atoms with Crippen molar-refractivity contribution in [3.05, 3.63) is 58.7 Å². The summed E-state index contributed by atoms with van der Waals surface area (Å²) >= 11 is 0. The number of rotatable bonds is 4. The summed E-state index contributed by atoms with van der Waals surface area (Å²) in [4.78, 5) is 6.97. The van der Waals surface area contributed by atoms with E-state index in [4.69, 9.17) is 4.52 Å². The monoisotopic (exact) mass is 396 g/mol. The molecule has 5 rings (SSSR count). The van der Waals surface area contributed by atoms with E-state index in [1.807, 2.05) is 6.07 Å². The molecule has 2 aliphatic rings. The van der Waals surface area contributed by atoms with Crippen LogP contribution in [0.2, 0.25) is 0 Å². The fraction of sp³-hybridized carbons (Fsp3) is 0.524. The molecule has 0 amide bonds. The van der Waals surface area contributed by atoms with Crippen molar-refractivity contribution in [2.75, 3.05) is 20.1 Å². The molecule has 0 radical (unpaired) electrons. The highest BCUT2D eigenvalue weighted by Gasteiger charge is 2.31. The van der Waals surface area contributed by atoms with Crippen LogP contribution in [-0.2, 0) is 19.3 Å². The summed E-state index contributed by atoms with van der Waals surface area (Å²) < 4.78 is 21.1. The average molecular weight is 396 g/mol. The quantitative estimate of drug-likeness (QED) is 0.675. The predicted molar refractivity (Wildman–Crippen MR) is 104 cm³/mol. The van der Waals surface area contributed by atoms with E-state index in [9.17, 15) is 4.39 Å². The molecule has 0 spiro atoms. The van der Waals surface area contributed by atoms with Crippen LogP contribution < -0.4 is 0 Å². The maximum Gasteiger partial charge on any atom is 0.230 e. The van der Waals surface area contributed by atoms with Crippen molar-refractivity contribution in [2.45, 2.75) is 50.5 Å². The van der Waals surface area contributed by atoms with Gasteiger partial charge < -0.3 is 9.42 Å². The van der Waals surface area contributed by atoms with Crippen LogP contribution in [0.3, 0.4) is 0 Å². The molecule has 3 aromatic rings. The lowest BCUT2D eigenvalue weighted by Crippen LogP contribution is -2.33. The maximum absolute atomic E-state index is 13.4. The molecule has 3 heterocycles. The number of aryl methyl sites for hydroxylation is 1. The van der Waals surface area contributed by atoms with Crippen LogP contribution in [0, 0.1) is 5.82 Å². The average Bonchev–Trinajstić information content (AvgIpc) is 3.35. The fourth-order valence-electron chi connectivity index (χ4n) is 4.48. The van der Waals surface area contributed by atoms with Gasteiger partial charge in [0.2, 0.25) is 5.89 Å². The zero-order valence-electron chi connectivity index (χ0n) is 16.6. The highest BCUT2D eigenvalue weighted by Crippen LogP contribution is 2.33. The lowest BCUT2D eigenvalue weighted by molar-refractivity contribution is 0.207. The molecule has 7 nitrogen and oxygen atoms in total. The Morgan fingerprint density at radius 1 is 1.21 bits per heavy atom. The number of likely N-dealkylation sites (tertiary alicyclic amines) is 1. The standard InChI is InChI=1S/C21H25FN6O/c1-27-9-7-17(8-10-27)28-19-13-15(5-6-18(19)24-26-28)21-23-20(25-29-21)12-14-3-2-4-16(22)11-14/h2-4,11,15,17H,5-10,12-13H2,1H3. The molecule has 1 fully saturated rings. The molecule has 1 aliphatic carbocycles. The molecule has 0 bridgehead atoms. The van der Waals surface area contributed by atoms with E-state index < -0.39 is 0 Å². The summed E-state index contributed by atoms with van der Waals surface area (Å²) in [6.07, 6.45) is 5.32. The Balaban J connectivity index is 1.31. The number of nitrogens with zero attached hydrogens (tertiary/aromatic N) is 6. The minimum absolute atomic E-state index is 0.180. The first-order valence-corrected chi connectivity index (χ1v) is 10.3. The maximum atomic E-state index is 13.4. The van der Waals surface area contributed by atoms with Gasteiger partial charge in [0.05, 0.1) is 17.4 Å². The highest BCUT2D eigenvalue weighted by atomic mass is 19.1. The Morgan fingerprint density at radius 3 is 2.90 bits per heavy atom. The van der Waals surface area contributed by atoms with Crippen molar-refractivity contribution in [1.29, 1.82) is 0 Å². The third kappa shape index (κ3) is 3.81. The number of halogens is 1. The van der Waals surface area contributed by atoms with Gasteiger partial charge in [-0.2, -0.15) is 4.98 Å². The molecule has 0 saturated carbocycles. The van der Waals surface area contributed by atoms with E-state index in [-0.39, 0.29) is 11.7 Å². The molecule has 0 N–H and O–H groups in total. The molecule has 1 aromatic carbocycles. The van der Waals surface area contributed by atoms with Crippen molar-refractivity contribution in [3.8, 4) is 0 Å². The number of aromatic nitrogens is 5. The summed E-state index contributed by atoms with van der Waals surface area (Å²) in [7, 11) is 2.17. The number of piperidine rings is 1. The van der Waals surface area contributed by atoms with Crippen molar-refractivity contribution >= 4 is 0 Å². The van der Waals surface area contributed by atoms with Gasteiger partial charge in [-0.25, -0.2) is 9.07 Å². The van der Waals surface area contributed by atoms with E-state index in [1.165, 1.54) is 17.8 Å². The van der Waals surface area contributed by atoms with Crippen LogP contribution in [0.1, 0.15) is 59.9 Å². The smallest absolute Gasteiger partial charge is 0.230 e.